The van der Waals surface area contributed by atoms with Crippen LogP contribution in [-0.2, 0) is 16.0 Å². The molecule has 0 spiro atoms. The van der Waals surface area contributed by atoms with E-state index in [4.69, 9.17) is 9.47 Å². The monoisotopic (exact) mass is 263 g/mol. The second kappa shape index (κ2) is 7.26. The predicted molar refractivity (Wildman–Crippen MR) is 73.0 cm³/mol. The van der Waals surface area contributed by atoms with Crippen molar-refractivity contribution in [1.82, 2.24) is 5.32 Å². The van der Waals surface area contributed by atoms with E-state index in [9.17, 15) is 4.79 Å². The molecule has 1 fully saturated rings. The number of ether oxygens (including phenoxy) is 2. The highest BCUT2D eigenvalue weighted by molar-refractivity contribution is 5.90. The minimum absolute atomic E-state index is 0.279. The summed E-state index contributed by atoms with van der Waals surface area (Å²) < 4.78 is 10.2. The van der Waals surface area contributed by atoms with E-state index < -0.39 is 0 Å². The summed E-state index contributed by atoms with van der Waals surface area (Å²) in [4.78, 5) is 11.6. The van der Waals surface area contributed by atoms with Crippen molar-refractivity contribution in [2.24, 2.45) is 5.92 Å². The SMILES string of the molecule is COC(=O)c1ccccc1CNCC1CCCOC1. The topological polar surface area (TPSA) is 47.6 Å². The molecule has 1 heterocycles. The van der Waals surface area contributed by atoms with E-state index in [1.165, 1.54) is 13.5 Å². The average Bonchev–Trinajstić information content (AvgIpc) is 2.48. The lowest BCUT2D eigenvalue weighted by Gasteiger charge is -2.22. The van der Waals surface area contributed by atoms with Gasteiger partial charge in [-0.25, -0.2) is 4.79 Å². The van der Waals surface area contributed by atoms with E-state index >= 15 is 0 Å². The lowest BCUT2D eigenvalue weighted by Crippen LogP contribution is -2.29. The smallest absolute Gasteiger partial charge is 0.338 e. The first-order chi connectivity index (χ1) is 9.31. The van der Waals surface area contributed by atoms with Gasteiger partial charge in [0.2, 0.25) is 0 Å². The largest absolute Gasteiger partial charge is 0.465 e. The van der Waals surface area contributed by atoms with Crippen LogP contribution in [0.15, 0.2) is 24.3 Å². The maximum atomic E-state index is 11.6. The summed E-state index contributed by atoms with van der Waals surface area (Å²) >= 11 is 0. The fourth-order valence-corrected chi connectivity index (χ4v) is 2.36. The van der Waals surface area contributed by atoms with Crippen molar-refractivity contribution in [1.29, 1.82) is 0 Å². The molecule has 104 valence electrons. The zero-order chi connectivity index (χ0) is 13.5. The van der Waals surface area contributed by atoms with Gasteiger partial charge >= 0.3 is 5.97 Å². The van der Waals surface area contributed by atoms with Crippen molar-refractivity contribution in [3.63, 3.8) is 0 Å². The molecule has 4 heteroatoms. The van der Waals surface area contributed by atoms with Crippen molar-refractivity contribution in [3.05, 3.63) is 35.4 Å². The van der Waals surface area contributed by atoms with Gasteiger partial charge in [0.25, 0.3) is 0 Å². The van der Waals surface area contributed by atoms with Crippen molar-refractivity contribution >= 4 is 5.97 Å². The molecule has 19 heavy (non-hydrogen) atoms. The first-order valence-corrected chi connectivity index (χ1v) is 6.76. The van der Waals surface area contributed by atoms with Crippen LogP contribution in [0.1, 0.15) is 28.8 Å². The molecule has 0 aromatic heterocycles. The van der Waals surface area contributed by atoms with Crippen LogP contribution in [0.2, 0.25) is 0 Å². The fourth-order valence-electron chi connectivity index (χ4n) is 2.36. The Labute approximate surface area is 114 Å². The third kappa shape index (κ3) is 4.04. The quantitative estimate of drug-likeness (QED) is 0.825. The number of carbonyl (C=O) groups excluding carboxylic acids is 1. The maximum absolute atomic E-state index is 11.6. The molecule has 1 N–H and O–H groups in total. The maximum Gasteiger partial charge on any atom is 0.338 e. The third-order valence-corrected chi connectivity index (χ3v) is 3.43. The van der Waals surface area contributed by atoms with Crippen LogP contribution in [0.5, 0.6) is 0 Å². The lowest BCUT2D eigenvalue weighted by molar-refractivity contribution is 0.0546. The number of carbonyl (C=O) groups is 1. The van der Waals surface area contributed by atoms with Crippen molar-refractivity contribution in [2.75, 3.05) is 26.9 Å². The van der Waals surface area contributed by atoms with Gasteiger partial charge in [-0.3, -0.25) is 0 Å². The van der Waals surface area contributed by atoms with Crippen LogP contribution in [0, 0.1) is 5.92 Å². The lowest BCUT2D eigenvalue weighted by atomic mass is 10.0. The van der Waals surface area contributed by atoms with Gasteiger partial charge in [0.1, 0.15) is 0 Å². The Hall–Kier alpha value is -1.39. The molecule has 0 radical (unpaired) electrons. The summed E-state index contributed by atoms with van der Waals surface area (Å²) in [5, 5.41) is 3.40. The van der Waals surface area contributed by atoms with Gasteiger partial charge in [0, 0.05) is 19.7 Å². The van der Waals surface area contributed by atoms with Gasteiger partial charge in [0.15, 0.2) is 0 Å². The van der Waals surface area contributed by atoms with Gasteiger partial charge in [-0.2, -0.15) is 0 Å². The standard InChI is InChI=1S/C15H21NO3/c1-18-15(17)14-7-3-2-6-13(14)10-16-9-12-5-4-8-19-11-12/h2-3,6-7,12,16H,4-5,8-11H2,1H3. The van der Waals surface area contributed by atoms with E-state index in [1.54, 1.807) is 6.07 Å². The molecule has 1 atom stereocenters. The molecule has 0 aliphatic carbocycles. The number of benzene rings is 1. The van der Waals surface area contributed by atoms with E-state index in [-0.39, 0.29) is 5.97 Å². The Kier molecular flexibility index (Phi) is 5.36. The second-order valence-electron chi connectivity index (χ2n) is 4.86. The number of esters is 1. The van der Waals surface area contributed by atoms with E-state index in [0.717, 1.165) is 31.7 Å². The van der Waals surface area contributed by atoms with Crippen LogP contribution >= 0.6 is 0 Å². The summed E-state index contributed by atoms with van der Waals surface area (Å²) in [6.45, 7) is 3.34. The zero-order valence-electron chi connectivity index (χ0n) is 11.4. The first kappa shape index (κ1) is 14.0. The van der Waals surface area contributed by atoms with E-state index in [1.807, 2.05) is 18.2 Å². The zero-order valence-corrected chi connectivity index (χ0v) is 11.4. The highest BCUT2D eigenvalue weighted by atomic mass is 16.5. The van der Waals surface area contributed by atoms with Crippen LogP contribution in [0.4, 0.5) is 0 Å². The van der Waals surface area contributed by atoms with E-state index in [0.29, 0.717) is 18.0 Å². The molecule has 2 rings (SSSR count). The molecule has 1 saturated heterocycles. The molecule has 1 aliphatic rings. The highest BCUT2D eigenvalue weighted by Crippen LogP contribution is 2.13. The summed E-state index contributed by atoms with van der Waals surface area (Å²) in [6.07, 6.45) is 2.36. The number of hydrogen-bond donors (Lipinski definition) is 1. The van der Waals surface area contributed by atoms with Crippen LogP contribution in [0.25, 0.3) is 0 Å². The summed E-state index contributed by atoms with van der Waals surface area (Å²) in [7, 11) is 1.41. The number of rotatable bonds is 5. The van der Waals surface area contributed by atoms with Gasteiger partial charge in [-0.05, 0) is 30.4 Å². The molecule has 0 saturated carbocycles. The molecule has 0 bridgehead atoms. The normalized spacial score (nSPS) is 19.1. The fraction of sp³-hybridized carbons (Fsp3) is 0.533. The number of nitrogens with one attached hydrogen (secondary N) is 1. The molecule has 1 aliphatic heterocycles. The van der Waals surface area contributed by atoms with Gasteiger partial charge < -0.3 is 14.8 Å². The molecule has 1 aromatic rings. The first-order valence-electron chi connectivity index (χ1n) is 6.76. The molecular formula is C15H21NO3. The summed E-state index contributed by atoms with van der Waals surface area (Å²) in [5.74, 6) is 0.303. The molecule has 0 amide bonds. The Bertz CT molecular complexity index is 414. The van der Waals surface area contributed by atoms with Gasteiger partial charge in [-0.15, -0.1) is 0 Å². The average molecular weight is 263 g/mol. The van der Waals surface area contributed by atoms with Gasteiger partial charge in [0.05, 0.1) is 19.3 Å². The van der Waals surface area contributed by atoms with Gasteiger partial charge in [-0.1, -0.05) is 18.2 Å². The summed E-state index contributed by atoms with van der Waals surface area (Å²) in [6, 6.07) is 7.54. The van der Waals surface area contributed by atoms with Crippen molar-refractivity contribution in [2.45, 2.75) is 19.4 Å². The Morgan fingerprint density at radius 1 is 1.47 bits per heavy atom. The van der Waals surface area contributed by atoms with Crippen LogP contribution in [-0.4, -0.2) is 32.8 Å². The minimum atomic E-state index is -0.279. The summed E-state index contributed by atoms with van der Waals surface area (Å²) in [5.41, 5.74) is 1.61. The highest BCUT2D eigenvalue weighted by Gasteiger charge is 2.14. The Balaban J connectivity index is 1.86. The number of methoxy groups -OCH3 is 1. The predicted octanol–water partition coefficient (Wildman–Crippen LogP) is 1.99. The minimum Gasteiger partial charge on any atom is -0.465 e. The number of hydrogen-bond acceptors (Lipinski definition) is 4. The van der Waals surface area contributed by atoms with Crippen molar-refractivity contribution < 1.29 is 14.3 Å². The molecular weight excluding hydrogens is 242 g/mol. The van der Waals surface area contributed by atoms with Crippen LogP contribution in [0.3, 0.4) is 0 Å². The second-order valence-corrected chi connectivity index (χ2v) is 4.86. The molecule has 1 unspecified atom stereocenters. The Morgan fingerprint density at radius 2 is 2.32 bits per heavy atom. The van der Waals surface area contributed by atoms with Crippen molar-refractivity contribution in [3.8, 4) is 0 Å². The molecule has 4 nitrogen and oxygen atoms in total. The van der Waals surface area contributed by atoms with E-state index in [2.05, 4.69) is 5.32 Å². The third-order valence-electron chi connectivity index (χ3n) is 3.43. The molecule has 1 aromatic carbocycles. The Morgan fingerprint density at radius 3 is 3.05 bits per heavy atom. The van der Waals surface area contributed by atoms with Crippen LogP contribution < -0.4 is 5.32 Å².